The molecule has 0 bridgehead atoms. The number of hydrogen-bond acceptors (Lipinski definition) is 7. The van der Waals surface area contributed by atoms with Crippen LogP contribution in [0.25, 0.3) is 10.9 Å². The Balaban J connectivity index is 1.52. The number of aromatic nitrogens is 1. The minimum Gasteiger partial charge on any atom is -0.491 e. The summed E-state index contributed by atoms with van der Waals surface area (Å²) in [5.41, 5.74) is 8.58. The maximum Gasteiger partial charge on any atom is 0.257 e. The number of halogens is 1. The van der Waals surface area contributed by atoms with Crippen molar-refractivity contribution in [3.8, 4) is 5.75 Å². The molecule has 5 rings (SSSR count). The van der Waals surface area contributed by atoms with Crippen LogP contribution in [0.15, 0.2) is 35.2 Å². The largest absolute Gasteiger partial charge is 0.491 e. The van der Waals surface area contributed by atoms with Gasteiger partial charge in [0.05, 0.1) is 45.0 Å². The maximum absolute atomic E-state index is 14.9. The number of anilines is 1. The molecular weight excluding hydrogens is 435 g/mol. The zero-order chi connectivity index (χ0) is 22.8. The molecule has 2 aliphatic heterocycles. The van der Waals surface area contributed by atoms with Gasteiger partial charge in [-0.05, 0) is 23.8 Å². The molecule has 166 valence electrons. The van der Waals surface area contributed by atoms with Crippen molar-refractivity contribution in [2.45, 2.75) is 24.2 Å². The summed E-state index contributed by atoms with van der Waals surface area (Å²) in [6.07, 6.45) is 1.34. The van der Waals surface area contributed by atoms with Crippen LogP contribution in [0.5, 0.6) is 5.75 Å². The quantitative estimate of drug-likeness (QED) is 0.625. The molecule has 0 spiro atoms. The third-order valence-electron chi connectivity index (χ3n) is 6.03. The summed E-state index contributed by atoms with van der Waals surface area (Å²) in [5, 5.41) is 0.644. The molecule has 0 radical (unpaired) electrons. The van der Waals surface area contributed by atoms with E-state index in [2.05, 4.69) is 4.98 Å². The SMILES string of the molecule is CN(C(=O)c1cc2c3c(c(N)nc2cc1F)COC3)[C@@H]1COc2cc(S(C)(=N)=O)ccc21. The zero-order valence-corrected chi connectivity index (χ0v) is 18.3. The lowest BCUT2D eigenvalue weighted by Crippen LogP contribution is -2.32. The van der Waals surface area contributed by atoms with Crippen molar-refractivity contribution in [2.75, 3.05) is 25.6 Å². The zero-order valence-electron chi connectivity index (χ0n) is 17.5. The van der Waals surface area contributed by atoms with E-state index in [0.29, 0.717) is 40.6 Å². The van der Waals surface area contributed by atoms with Crippen LogP contribution < -0.4 is 10.5 Å². The standard InChI is InChI=1S/C22H21FN4O4S/c1-27(19-10-31-20-5-11(32(2,25)29)3-4-12(19)20)22(28)14-6-13-15-8-30-9-16(15)21(24)26-18(13)7-17(14)23/h3-7,19,25H,8-10H2,1-2H3,(H2,24,26)/t19-,32?/m1/s1. The van der Waals surface area contributed by atoms with Crippen LogP contribution in [0.1, 0.15) is 33.1 Å². The van der Waals surface area contributed by atoms with Crippen LogP contribution in [0.2, 0.25) is 0 Å². The van der Waals surface area contributed by atoms with E-state index in [1.165, 1.54) is 23.3 Å². The fourth-order valence-electron chi connectivity index (χ4n) is 4.22. The van der Waals surface area contributed by atoms with E-state index < -0.39 is 27.5 Å². The lowest BCUT2D eigenvalue weighted by Gasteiger charge is -2.24. The van der Waals surface area contributed by atoms with Crippen LogP contribution >= 0.6 is 0 Å². The van der Waals surface area contributed by atoms with Gasteiger partial charge in [0, 0.05) is 35.9 Å². The van der Waals surface area contributed by atoms with Crippen LogP contribution in [-0.2, 0) is 27.7 Å². The Hall–Kier alpha value is -3.24. The second-order valence-corrected chi connectivity index (χ2v) is 10.2. The molecule has 32 heavy (non-hydrogen) atoms. The maximum atomic E-state index is 14.9. The fourth-order valence-corrected chi connectivity index (χ4v) is 4.88. The molecule has 0 saturated carbocycles. The monoisotopic (exact) mass is 456 g/mol. The Kier molecular flexibility index (Phi) is 4.61. The summed E-state index contributed by atoms with van der Waals surface area (Å²) in [4.78, 5) is 19.3. The van der Waals surface area contributed by atoms with Gasteiger partial charge in [0.1, 0.15) is 24.0 Å². The van der Waals surface area contributed by atoms with E-state index in [4.69, 9.17) is 20.0 Å². The number of nitrogens with one attached hydrogen (secondary N) is 1. The number of carbonyl (C=O) groups is 1. The number of nitrogens with zero attached hydrogens (tertiary/aromatic N) is 2. The average molecular weight is 456 g/mol. The van der Waals surface area contributed by atoms with Gasteiger partial charge in [-0.3, -0.25) is 4.79 Å². The number of hydrogen-bond donors (Lipinski definition) is 2. The molecule has 8 nitrogen and oxygen atoms in total. The predicted octanol–water partition coefficient (Wildman–Crippen LogP) is 3.23. The minimum atomic E-state index is -2.89. The summed E-state index contributed by atoms with van der Waals surface area (Å²) in [6.45, 7) is 0.849. The first kappa shape index (κ1) is 20.7. The number of fused-ring (bicyclic) bond motifs is 4. The van der Waals surface area contributed by atoms with E-state index in [9.17, 15) is 13.4 Å². The van der Waals surface area contributed by atoms with Gasteiger partial charge in [0.15, 0.2) is 0 Å². The van der Waals surface area contributed by atoms with Crippen molar-refractivity contribution < 1.29 is 22.9 Å². The van der Waals surface area contributed by atoms with E-state index >= 15 is 0 Å². The number of benzene rings is 2. The van der Waals surface area contributed by atoms with Crippen molar-refractivity contribution in [2.24, 2.45) is 0 Å². The molecule has 2 aliphatic rings. The average Bonchev–Trinajstić information content (AvgIpc) is 3.39. The Labute approximate surface area is 184 Å². The van der Waals surface area contributed by atoms with Gasteiger partial charge >= 0.3 is 0 Å². The molecule has 0 saturated heterocycles. The number of amides is 1. The normalized spacial score (nSPS) is 18.7. The van der Waals surface area contributed by atoms with Crippen molar-refractivity contribution >= 4 is 32.4 Å². The van der Waals surface area contributed by atoms with Crippen LogP contribution in [-0.4, -0.2) is 39.9 Å². The topological polar surface area (TPSA) is 119 Å². The highest BCUT2D eigenvalue weighted by atomic mass is 32.2. The summed E-state index contributed by atoms with van der Waals surface area (Å²) in [5.74, 6) is -0.403. The van der Waals surface area contributed by atoms with Gasteiger partial charge in [-0.2, -0.15) is 0 Å². The highest BCUT2D eigenvalue weighted by Gasteiger charge is 2.33. The molecule has 1 unspecified atom stereocenters. The third kappa shape index (κ3) is 3.18. The summed E-state index contributed by atoms with van der Waals surface area (Å²) >= 11 is 0. The number of rotatable bonds is 3. The first-order valence-electron chi connectivity index (χ1n) is 9.91. The van der Waals surface area contributed by atoms with E-state index in [-0.39, 0.29) is 12.2 Å². The van der Waals surface area contributed by atoms with E-state index in [1.54, 1.807) is 25.2 Å². The summed E-state index contributed by atoms with van der Waals surface area (Å²) in [7, 11) is -1.30. The molecule has 3 N–H and O–H groups in total. The van der Waals surface area contributed by atoms with Crippen LogP contribution in [0, 0.1) is 10.6 Å². The van der Waals surface area contributed by atoms with Gasteiger partial charge in [0.2, 0.25) is 0 Å². The van der Waals surface area contributed by atoms with Gasteiger partial charge in [-0.25, -0.2) is 18.4 Å². The van der Waals surface area contributed by atoms with Crippen molar-refractivity contribution in [3.05, 3.63) is 58.4 Å². The van der Waals surface area contributed by atoms with Gasteiger partial charge in [-0.1, -0.05) is 6.07 Å². The first-order chi connectivity index (χ1) is 15.1. The highest BCUT2D eigenvalue weighted by Crippen LogP contribution is 2.38. The van der Waals surface area contributed by atoms with Gasteiger partial charge in [0.25, 0.3) is 5.91 Å². The second kappa shape index (κ2) is 7.14. The Bertz CT molecular complexity index is 1410. The number of ether oxygens (including phenoxy) is 2. The van der Waals surface area contributed by atoms with Crippen molar-refractivity contribution in [3.63, 3.8) is 0 Å². The molecule has 0 fully saturated rings. The lowest BCUT2D eigenvalue weighted by atomic mass is 10.0. The Morgan fingerprint density at radius 3 is 2.78 bits per heavy atom. The van der Waals surface area contributed by atoms with Gasteiger partial charge in [-0.15, -0.1) is 0 Å². The van der Waals surface area contributed by atoms with E-state index in [1.807, 2.05) is 0 Å². The van der Waals surface area contributed by atoms with Gasteiger partial charge < -0.3 is 20.1 Å². The molecule has 3 heterocycles. The number of nitrogen functional groups attached to an aromatic ring is 1. The van der Waals surface area contributed by atoms with Crippen LogP contribution in [0.3, 0.4) is 0 Å². The minimum absolute atomic E-state index is 0.0755. The number of carbonyl (C=O) groups excluding carboxylic acids is 1. The third-order valence-corrected chi connectivity index (χ3v) is 7.18. The predicted molar refractivity (Wildman–Crippen MR) is 116 cm³/mol. The highest BCUT2D eigenvalue weighted by molar-refractivity contribution is 7.91. The molecule has 2 aromatic carbocycles. The number of nitrogens with two attached hydrogens (primary N) is 1. The molecular formula is C22H21FN4O4S. The Morgan fingerprint density at radius 1 is 1.28 bits per heavy atom. The van der Waals surface area contributed by atoms with Crippen molar-refractivity contribution in [1.29, 1.82) is 4.78 Å². The number of likely N-dealkylation sites (N-methyl/N-ethyl adjacent to an activating group) is 1. The first-order valence-corrected chi connectivity index (χ1v) is 11.9. The molecule has 1 amide bonds. The molecule has 0 aliphatic carbocycles. The number of pyridine rings is 1. The molecule has 2 atom stereocenters. The summed E-state index contributed by atoms with van der Waals surface area (Å²) in [6, 6.07) is 7.16. The lowest BCUT2D eigenvalue weighted by molar-refractivity contribution is 0.0704. The summed E-state index contributed by atoms with van der Waals surface area (Å²) < 4.78 is 45.9. The van der Waals surface area contributed by atoms with Crippen molar-refractivity contribution in [1.82, 2.24) is 9.88 Å². The molecule has 1 aromatic heterocycles. The Morgan fingerprint density at radius 2 is 2.03 bits per heavy atom. The van der Waals surface area contributed by atoms with E-state index in [0.717, 1.165) is 16.7 Å². The van der Waals surface area contributed by atoms with Crippen LogP contribution in [0.4, 0.5) is 10.2 Å². The fraction of sp³-hybridized carbons (Fsp3) is 0.273. The smallest absolute Gasteiger partial charge is 0.257 e. The molecule has 10 heteroatoms. The second-order valence-electron chi connectivity index (χ2n) is 8.08. The molecule has 3 aromatic rings.